The molecule has 6 atom stereocenters. The summed E-state index contributed by atoms with van der Waals surface area (Å²) < 4.78 is 13.5. The Hall–Kier alpha value is -6.61. The maximum Gasteiger partial charge on any atom is 0.326 e. The van der Waals surface area contributed by atoms with Gasteiger partial charge in [0.05, 0.1) is 12.9 Å². The Morgan fingerprint density at radius 1 is 0.726 bits per heavy atom. The van der Waals surface area contributed by atoms with Gasteiger partial charge in [0.1, 0.15) is 42.1 Å². The molecule has 1 aromatic heterocycles. The predicted molar refractivity (Wildman–Crippen MR) is 225 cm³/mol. The molecule has 62 heavy (non-hydrogen) atoms. The fourth-order valence-electron chi connectivity index (χ4n) is 6.06. The lowest BCUT2D eigenvalue weighted by atomic mass is 10.0. The molecule has 2 aromatic rings. The summed E-state index contributed by atoms with van der Waals surface area (Å²) in [7, 11) is 0. The fraction of sp³-hybridized carbons (Fsp3) is 0.550. The number of hydrogen-bond acceptors (Lipinski definition) is 10. The van der Waals surface area contributed by atoms with Gasteiger partial charge in [-0.05, 0) is 62.1 Å². The van der Waals surface area contributed by atoms with Crippen LogP contribution in [0.25, 0.3) is 0 Å². The van der Waals surface area contributed by atoms with Crippen LogP contribution in [0.1, 0.15) is 78.5 Å². The standard InChI is InChI=1S/C40H61FN12O9/c1-21(2)14-29(52-38(60)32(17-27-18-44-20-47-27)53-37(59)31(49-24(6)54)16-25-9-11-26(41)12-10-25)35(57)46-19-33(55)50-30(15-22(3)4)36(58)48-23(5)34(56)51-28(39(61)62)8-7-13-45-40(42)43/h9-12,18,20-23,28-32H,7-8,13-17,19H2,1-6H3,(H,44,47)(H,46,57)(H,48,58)(H,49,54)(H,50,55)(H,51,56)(H,52,60)(H,53,59)(H,61,62)(H4,42,43,45)/t23-,28-,29-,30-,31-,32-/m0/s1. The number of nitrogens with one attached hydrogen (secondary N) is 8. The van der Waals surface area contributed by atoms with Gasteiger partial charge in [-0.3, -0.25) is 38.6 Å². The summed E-state index contributed by atoms with van der Waals surface area (Å²) in [6.45, 7) is 9.34. The number of guanidine groups is 1. The number of halogens is 1. The Labute approximate surface area is 359 Å². The van der Waals surface area contributed by atoms with Crippen LogP contribution in [0, 0.1) is 17.7 Å². The number of aliphatic imine (C=N–C) groups is 1. The molecule has 0 saturated carbocycles. The molecule has 22 heteroatoms. The number of aromatic nitrogens is 2. The number of rotatable bonds is 26. The van der Waals surface area contributed by atoms with E-state index < -0.39 is 95.9 Å². The zero-order valence-corrected chi connectivity index (χ0v) is 35.9. The number of carbonyl (C=O) groups excluding carboxylic acids is 7. The van der Waals surface area contributed by atoms with Crippen molar-refractivity contribution in [3.63, 3.8) is 0 Å². The molecule has 0 bridgehead atoms. The Balaban J connectivity index is 2.13. The van der Waals surface area contributed by atoms with Crippen LogP contribution in [0.4, 0.5) is 4.39 Å². The van der Waals surface area contributed by atoms with E-state index >= 15 is 0 Å². The summed E-state index contributed by atoms with van der Waals surface area (Å²) in [5.74, 6) is -7.17. The van der Waals surface area contributed by atoms with Gasteiger partial charge in [-0.25, -0.2) is 14.2 Å². The number of carboxylic acid groups (broad SMARTS) is 1. The van der Waals surface area contributed by atoms with Gasteiger partial charge in [0.25, 0.3) is 0 Å². The van der Waals surface area contributed by atoms with Crippen LogP contribution < -0.4 is 48.7 Å². The van der Waals surface area contributed by atoms with Gasteiger partial charge in [-0.15, -0.1) is 0 Å². The first-order chi connectivity index (χ1) is 29.1. The van der Waals surface area contributed by atoms with Crippen molar-refractivity contribution in [1.29, 1.82) is 0 Å². The number of H-pyrrole nitrogens is 1. The maximum absolute atomic E-state index is 13.8. The minimum Gasteiger partial charge on any atom is -0.480 e. The number of carbonyl (C=O) groups is 8. The van der Waals surface area contributed by atoms with Gasteiger partial charge < -0.3 is 58.8 Å². The summed E-state index contributed by atoms with van der Waals surface area (Å²) in [5, 5.41) is 27.3. The highest BCUT2D eigenvalue weighted by Crippen LogP contribution is 2.11. The summed E-state index contributed by atoms with van der Waals surface area (Å²) in [6, 6.07) is -1.87. The average molecular weight is 873 g/mol. The Morgan fingerprint density at radius 3 is 1.81 bits per heavy atom. The fourth-order valence-corrected chi connectivity index (χ4v) is 6.06. The van der Waals surface area contributed by atoms with Crippen molar-refractivity contribution in [2.75, 3.05) is 13.1 Å². The van der Waals surface area contributed by atoms with Crippen molar-refractivity contribution < 1.29 is 47.9 Å². The van der Waals surface area contributed by atoms with Crippen LogP contribution in [0.15, 0.2) is 41.8 Å². The molecule has 13 N–H and O–H groups in total. The third kappa shape index (κ3) is 19.6. The van der Waals surface area contributed by atoms with E-state index in [1.807, 2.05) is 13.8 Å². The van der Waals surface area contributed by atoms with Crippen LogP contribution in [-0.4, -0.2) is 118 Å². The first kappa shape index (κ1) is 51.5. The number of carboxylic acids is 1. The second-order valence-corrected chi connectivity index (χ2v) is 15.7. The average Bonchev–Trinajstić information content (AvgIpc) is 3.70. The topological polar surface area (TPSA) is 334 Å². The van der Waals surface area contributed by atoms with Crippen LogP contribution >= 0.6 is 0 Å². The van der Waals surface area contributed by atoms with E-state index in [1.165, 1.54) is 50.6 Å². The maximum atomic E-state index is 13.8. The highest BCUT2D eigenvalue weighted by Gasteiger charge is 2.32. The van der Waals surface area contributed by atoms with Crippen molar-refractivity contribution in [3.8, 4) is 0 Å². The molecule has 0 spiro atoms. The Bertz CT molecular complexity index is 1850. The molecule has 7 amide bonds. The van der Waals surface area contributed by atoms with Gasteiger partial charge in [0, 0.05) is 38.2 Å². The third-order valence-electron chi connectivity index (χ3n) is 9.09. The molecular weight excluding hydrogens is 812 g/mol. The number of imidazole rings is 1. The molecule has 1 heterocycles. The number of nitrogens with zero attached hydrogens (tertiary/aromatic N) is 2. The number of hydrogen-bond donors (Lipinski definition) is 11. The highest BCUT2D eigenvalue weighted by molar-refractivity contribution is 5.96. The molecule has 0 aliphatic heterocycles. The van der Waals surface area contributed by atoms with Crippen LogP contribution in [0.3, 0.4) is 0 Å². The van der Waals surface area contributed by atoms with Gasteiger partial charge in [0.15, 0.2) is 5.96 Å². The van der Waals surface area contributed by atoms with Gasteiger partial charge >= 0.3 is 5.97 Å². The zero-order valence-electron chi connectivity index (χ0n) is 35.9. The second-order valence-electron chi connectivity index (χ2n) is 15.7. The number of aliphatic carboxylic acids is 1. The highest BCUT2D eigenvalue weighted by atomic mass is 19.1. The van der Waals surface area contributed by atoms with Crippen LogP contribution in [0.2, 0.25) is 0 Å². The van der Waals surface area contributed by atoms with Gasteiger partial charge in [-0.2, -0.15) is 0 Å². The number of amides is 7. The molecule has 21 nitrogen and oxygen atoms in total. The zero-order chi connectivity index (χ0) is 46.5. The number of aromatic amines is 1. The molecule has 0 fully saturated rings. The summed E-state index contributed by atoms with van der Waals surface area (Å²) >= 11 is 0. The monoisotopic (exact) mass is 872 g/mol. The lowest BCUT2D eigenvalue weighted by Crippen LogP contribution is -2.58. The first-order valence-corrected chi connectivity index (χ1v) is 20.2. The molecule has 0 aliphatic carbocycles. The summed E-state index contributed by atoms with van der Waals surface area (Å²) in [4.78, 5) is 115. The van der Waals surface area contributed by atoms with E-state index in [9.17, 15) is 47.9 Å². The molecule has 0 unspecified atom stereocenters. The quantitative estimate of drug-likeness (QED) is 0.0296. The van der Waals surface area contributed by atoms with E-state index in [1.54, 1.807) is 13.8 Å². The number of nitrogens with two attached hydrogens (primary N) is 2. The van der Waals surface area contributed by atoms with E-state index in [-0.39, 0.29) is 62.9 Å². The SMILES string of the molecule is CC(=O)N[C@@H](Cc1ccc(F)cc1)C(=O)N[C@@H](Cc1cnc[nH]1)C(=O)N[C@@H](CC(C)C)C(=O)NCC(=O)N[C@@H](CC(C)C)C(=O)N[C@@H](C)C(=O)N[C@@H](CCCN=C(N)N)C(=O)O. The van der Waals surface area contributed by atoms with Crippen molar-refractivity contribution in [2.45, 2.75) is 116 Å². The van der Waals surface area contributed by atoms with E-state index in [0.29, 0.717) is 11.3 Å². The minimum atomic E-state index is -1.30. The summed E-state index contributed by atoms with van der Waals surface area (Å²) in [5.41, 5.74) is 11.6. The van der Waals surface area contributed by atoms with Gasteiger partial charge in [-0.1, -0.05) is 39.8 Å². The largest absolute Gasteiger partial charge is 0.480 e. The lowest BCUT2D eigenvalue weighted by molar-refractivity contribution is -0.142. The van der Waals surface area contributed by atoms with Crippen molar-refractivity contribution in [1.82, 2.24) is 47.2 Å². The van der Waals surface area contributed by atoms with Crippen molar-refractivity contribution in [3.05, 3.63) is 53.9 Å². The predicted octanol–water partition coefficient (Wildman–Crippen LogP) is -1.37. The van der Waals surface area contributed by atoms with Crippen molar-refractivity contribution in [2.24, 2.45) is 28.3 Å². The van der Waals surface area contributed by atoms with Gasteiger partial charge in [0.2, 0.25) is 41.4 Å². The van der Waals surface area contributed by atoms with Crippen molar-refractivity contribution >= 4 is 53.3 Å². The molecule has 0 aliphatic rings. The third-order valence-corrected chi connectivity index (χ3v) is 9.09. The van der Waals surface area contributed by atoms with E-state index in [2.05, 4.69) is 52.2 Å². The first-order valence-electron chi connectivity index (χ1n) is 20.2. The van der Waals surface area contributed by atoms with E-state index in [4.69, 9.17) is 11.5 Å². The lowest BCUT2D eigenvalue weighted by Gasteiger charge is -2.26. The van der Waals surface area contributed by atoms with Crippen LogP contribution in [-0.2, 0) is 51.2 Å². The Morgan fingerprint density at radius 2 is 1.27 bits per heavy atom. The Kier molecular flexibility index (Phi) is 21.5. The van der Waals surface area contributed by atoms with Crippen LogP contribution in [0.5, 0.6) is 0 Å². The molecule has 0 radical (unpaired) electrons. The molecule has 0 saturated heterocycles. The normalized spacial score (nSPS) is 13.9. The summed E-state index contributed by atoms with van der Waals surface area (Å²) in [6.07, 6.45) is 3.27. The molecule has 2 rings (SSSR count). The van der Waals surface area contributed by atoms with E-state index in [0.717, 1.165) is 0 Å². The minimum absolute atomic E-state index is 0.0146. The number of benzene rings is 1. The molecule has 342 valence electrons. The smallest absolute Gasteiger partial charge is 0.326 e. The second kappa shape index (κ2) is 25.9. The molecule has 1 aromatic carbocycles. The molecular formula is C40H61FN12O9.